The Kier molecular flexibility index (Phi) is 6.24. The molecule has 25 heavy (non-hydrogen) atoms. The number of hydrogen-bond donors (Lipinski definition) is 1. The van der Waals surface area contributed by atoms with Crippen LogP contribution in [0, 0.1) is 13.8 Å². The van der Waals surface area contributed by atoms with Crippen LogP contribution in [-0.2, 0) is 14.8 Å². The molecule has 134 valence electrons. The van der Waals surface area contributed by atoms with Crippen LogP contribution in [0.5, 0.6) is 0 Å². The number of aryl methyl sites for hydroxylation is 1. The van der Waals surface area contributed by atoms with E-state index in [2.05, 4.69) is 15.9 Å². The maximum absolute atomic E-state index is 13.1. The van der Waals surface area contributed by atoms with E-state index in [1.54, 1.807) is 24.3 Å². The van der Waals surface area contributed by atoms with Crippen molar-refractivity contribution in [1.29, 1.82) is 0 Å². The van der Waals surface area contributed by atoms with Crippen LogP contribution in [0.4, 0.5) is 5.69 Å². The van der Waals surface area contributed by atoms with E-state index in [-0.39, 0.29) is 24.3 Å². The van der Waals surface area contributed by atoms with Crippen LogP contribution in [0.15, 0.2) is 51.8 Å². The Morgan fingerprint density at radius 3 is 2.36 bits per heavy atom. The third-order valence-corrected chi connectivity index (χ3v) is 6.35. The van der Waals surface area contributed by atoms with Crippen molar-refractivity contribution in [3.8, 4) is 0 Å². The predicted molar refractivity (Wildman–Crippen MR) is 101 cm³/mol. The number of halogens is 1. The van der Waals surface area contributed by atoms with Crippen LogP contribution in [0.3, 0.4) is 0 Å². The van der Waals surface area contributed by atoms with Gasteiger partial charge in [0.05, 0.1) is 10.6 Å². The van der Waals surface area contributed by atoms with Gasteiger partial charge in [0.25, 0.3) is 10.0 Å². The zero-order valence-electron chi connectivity index (χ0n) is 14.1. The van der Waals surface area contributed by atoms with E-state index in [0.717, 1.165) is 15.6 Å². The molecule has 0 amide bonds. The Morgan fingerprint density at radius 1 is 1.12 bits per heavy atom. The summed E-state index contributed by atoms with van der Waals surface area (Å²) in [6.07, 6.45) is 0.149. The van der Waals surface area contributed by atoms with Gasteiger partial charge >= 0.3 is 5.97 Å². The molecule has 0 fully saturated rings. The average Bonchev–Trinajstić information content (AvgIpc) is 2.55. The lowest BCUT2D eigenvalue weighted by atomic mass is 10.1. The quantitative estimate of drug-likeness (QED) is 0.723. The largest absolute Gasteiger partial charge is 0.481 e. The number of anilines is 1. The van der Waals surface area contributed by atoms with E-state index >= 15 is 0 Å². The summed E-state index contributed by atoms with van der Waals surface area (Å²) in [7, 11) is -3.79. The Labute approximate surface area is 156 Å². The number of rotatable bonds is 7. The van der Waals surface area contributed by atoms with Gasteiger partial charge in [-0.05, 0) is 61.7 Å². The molecule has 2 rings (SSSR count). The fourth-order valence-corrected chi connectivity index (χ4v) is 4.31. The summed E-state index contributed by atoms with van der Waals surface area (Å²) in [6.45, 7) is 3.89. The first-order chi connectivity index (χ1) is 11.7. The third kappa shape index (κ3) is 4.61. The highest BCUT2D eigenvalue weighted by molar-refractivity contribution is 9.10. The van der Waals surface area contributed by atoms with Crippen LogP contribution < -0.4 is 4.31 Å². The van der Waals surface area contributed by atoms with Gasteiger partial charge < -0.3 is 5.11 Å². The van der Waals surface area contributed by atoms with Gasteiger partial charge in [-0.15, -0.1) is 0 Å². The molecule has 0 aliphatic carbocycles. The number of carboxylic acids is 1. The molecular weight excluding hydrogens is 406 g/mol. The van der Waals surface area contributed by atoms with Gasteiger partial charge in [0.2, 0.25) is 0 Å². The summed E-state index contributed by atoms with van der Waals surface area (Å²) in [4.78, 5) is 11.0. The molecule has 7 heteroatoms. The summed E-state index contributed by atoms with van der Waals surface area (Å²) < 4.78 is 28.4. The van der Waals surface area contributed by atoms with E-state index < -0.39 is 16.0 Å². The van der Waals surface area contributed by atoms with E-state index in [1.807, 2.05) is 19.9 Å². The van der Waals surface area contributed by atoms with E-state index in [9.17, 15) is 13.2 Å². The summed E-state index contributed by atoms with van der Waals surface area (Å²) in [5.41, 5.74) is 2.42. The first kappa shape index (κ1) is 19.5. The first-order valence-electron chi connectivity index (χ1n) is 7.80. The number of carbonyl (C=O) groups is 1. The molecule has 2 aromatic rings. The normalized spacial score (nSPS) is 11.3. The molecule has 0 saturated carbocycles. The van der Waals surface area contributed by atoms with Gasteiger partial charge in [0.1, 0.15) is 0 Å². The lowest BCUT2D eigenvalue weighted by Gasteiger charge is -2.26. The predicted octanol–water partition coefficient (Wildman–Crippen LogP) is 4.13. The maximum Gasteiger partial charge on any atom is 0.303 e. The van der Waals surface area contributed by atoms with Crippen molar-refractivity contribution < 1.29 is 18.3 Å². The number of benzene rings is 2. The Hall–Kier alpha value is -1.86. The second-order valence-electron chi connectivity index (χ2n) is 5.75. The smallest absolute Gasteiger partial charge is 0.303 e. The molecule has 2 aromatic carbocycles. The van der Waals surface area contributed by atoms with Crippen LogP contribution in [0.1, 0.15) is 24.0 Å². The Balaban J connectivity index is 2.48. The Bertz CT molecular complexity index is 863. The molecule has 0 spiro atoms. The number of sulfonamides is 1. The molecule has 0 bridgehead atoms. The topological polar surface area (TPSA) is 74.7 Å². The lowest BCUT2D eigenvalue weighted by molar-refractivity contribution is -0.137. The highest BCUT2D eigenvalue weighted by Gasteiger charge is 2.26. The molecular formula is C18H20BrNO4S. The van der Waals surface area contributed by atoms with E-state index in [0.29, 0.717) is 5.69 Å². The molecule has 0 heterocycles. The van der Waals surface area contributed by atoms with Crippen molar-refractivity contribution in [2.75, 3.05) is 10.8 Å². The Morgan fingerprint density at radius 2 is 1.76 bits per heavy atom. The van der Waals surface area contributed by atoms with Crippen LogP contribution >= 0.6 is 15.9 Å². The van der Waals surface area contributed by atoms with Crippen molar-refractivity contribution >= 4 is 37.6 Å². The SMILES string of the molecule is Cc1cccc(N(CCCC(=O)O)S(=O)(=O)c2ccc(Br)cc2)c1C. The number of hydrogen-bond acceptors (Lipinski definition) is 3. The molecule has 0 saturated heterocycles. The van der Waals surface area contributed by atoms with Crippen molar-refractivity contribution in [3.63, 3.8) is 0 Å². The number of nitrogens with zero attached hydrogens (tertiary/aromatic N) is 1. The van der Waals surface area contributed by atoms with Gasteiger partial charge in [0, 0.05) is 17.4 Å². The molecule has 5 nitrogen and oxygen atoms in total. The van der Waals surface area contributed by atoms with Gasteiger partial charge in [-0.2, -0.15) is 0 Å². The van der Waals surface area contributed by atoms with Crippen LogP contribution in [0.25, 0.3) is 0 Å². The number of aliphatic carboxylic acids is 1. The zero-order valence-corrected chi connectivity index (χ0v) is 16.5. The van der Waals surface area contributed by atoms with E-state index in [4.69, 9.17) is 5.11 Å². The maximum atomic E-state index is 13.1. The van der Waals surface area contributed by atoms with Gasteiger partial charge in [-0.25, -0.2) is 8.42 Å². The summed E-state index contributed by atoms with van der Waals surface area (Å²) >= 11 is 3.30. The van der Waals surface area contributed by atoms with Gasteiger partial charge in [-0.1, -0.05) is 28.1 Å². The standard InChI is InChI=1S/C18H20BrNO4S/c1-13-5-3-6-17(14(13)2)20(12-4-7-18(21)22)25(23,24)16-10-8-15(19)9-11-16/h3,5-6,8-11H,4,7,12H2,1-2H3,(H,21,22). The van der Waals surface area contributed by atoms with Crippen molar-refractivity contribution in [1.82, 2.24) is 0 Å². The second-order valence-corrected chi connectivity index (χ2v) is 8.53. The highest BCUT2D eigenvalue weighted by Crippen LogP contribution is 2.29. The van der Waals surface area contributed by atoms with Crippen molar-refractivity contribution in [3.05, 3.63) is 58.1 Å². The fraction of sp³-hybridized carbons (Fsp3) is 0.278. The molecule has 0 atom stereocenters. The summed E-state index contributed by atoms with van der Waals surface area (Å²) in [5.74, 6) is -0.943. The monoisotopic (exact) mass is 425 g/mol. The van der Waals surface area contributed by atoms with Crippen LogP contribution in [-0.4, -0.2) is 26.0 Å². The highest BCUT2D eigenvalue weighted by atomic mass is 79.9. The van der Waals surface area contributed by atoms with Crippen LogP contribution in [0.2, 0.25) is 0 Å². The molecule has 0 aromatic heterocycles. The molecule has 1 N–H and O–H groups in total. The first-order valence-corrected chi connectivity index (χ1v) is 10.0. The molecule has 0 radical (unpaired) electrons. The van der Waals surface area contributed by atoms with Crippen molar-refractivity contribution in [2.24, 2.45) is 0 Å². The summed E-state index contributed by atoms with van der Waals surface area (Å²) in [5, 5.41) is 8.87. The average molecular weight is 426 g/mol. The minimum absolute atomic E-state index is 0.0861. The van der Waals surface area contributed by atoms with Gasteiger partial charge in [-0.3, -0.25) is 9.10 Å². The molecule has 0 aliphatic rings. The molecule has 0 aliphatic heterocycles. The summed E-state index contributed by atoms with van der Waals surface area (Å²) in [6, 6.07) is 11.9. The molecule has 0 unspecified atom stereocenters. The van der Waals surface area contributed by atoms with Crippen molar-refractivity contribution in [2.45, 2.75) is 31.6 Å². The van der Waals surface area contributed by atoms with Gasteiger partial charge in [0.15, 0.2) is 0 Å². The minimum atomic E-state index is -3.79. The number of carboxylic acid groups (broad SMARTS) is 1. The third-order valence-electron chi connectivity index (χ3n) is 4.00. The lowest BCUT2D eigenvalue weighted by Crippen LogP contribution is -2.33. The zero-order chi connectivity index (χ0) is 18.6. The minimum Gasteiger partial charge on any atom is -0.481 e. The second kappa shape index (κ2) is 8.01. The fourth-order valence-electron chi connectivity index (χ4n) is 2.48. The van der Waals surface area contributed by atoms with E-state index in [1.165, 1.54) is 16.4 Å².